The van der Waals surface area contributed by atoms with Crippen molar-refractivity contribution in [1.82, 2.24) is 9.80 Å². The molecule has 0 unspecified atom stereocenters. The average molecular weight is 294 g/mol. The van der Waals surface area contributed by atoms with Crippen LogP contribution in [0, 0.1) is 0 Å². The molecule has 0 aromatic heterocycles. The van der Waals surface area contributed by atoms with Gasteiger partial charge in [-0.1, -0.05) is 5.57 Å². The number of nitrogens with zero attached hydrogens (tertiary/aromatic N) is 2. The predicted molar refractivity (Wildman–Crippen MR) is 80.8 cm³/mol. The zero-order valence-electron chi connectivity index (χ0n) is 13.1. The van der Waals surface area contributed by atoms with Gasteiger partial charge in [0, 0.05) is 32.3 Å². The summed E-state index contributed by atoms with van der Waals surface area (Å²) in [6, 6.07) is 0. The molecule has 1 atom stereocenters. The molecule has 118 valence electrons. The number of carbonyl (C=O) groups is 2. The van der Waals surface area contributed by atoms with E-state index in [9.17, 15) is 9.59 Å². The Labute approximate surface area is 126 Å². The van der Waals surface area contributed by atoms with Crippen molar-refractivity contribution in [2.45, 2.75) is 45.6 Å². The van der Waals surface area contributed by atoms with E-state index < -0.39 is 0 Å². The number of carbonyl (C=O) groups excluding carboxylic acids is 2. The summed E-state index contributed by atoms with van der Waals surface area (Å²) in [6.45, 7) is 6.88. The highest BCUT2D eigenvalue weighted by molar-refractivity contribution is 5.91. The Kier molecular flexibility index (Phi) is 5.79. The van der Waals surface area contributed by atoms with Crippen molar-refractivity contribution in [2.24, 2.45) is 0 Å². The molecule has 2 aliphatic rings. The summed E-state index contributed by atoms with van der Waals surface area (Å²) in [5.74, 6) is -0.0287. The highest BCUT2D eigenvalue weighted by Crippen LogP contribution is 2.15. The summed E-state index contributed by atoms with van der Waals surface area (Å²) in [4.78, 5) is 28.1. The number of hydrogen-bond donors (Lipinski definition) is 0. The molecule has 0 saturated carbocycles. The second-order valence-corrected chi connectivity index (χ2v) is 6.16. The van der Waals surface area contributed by atoms with Gasteiger partial charge in [0.25, 0.3) is 0 Å². The second kappa shape index (κ2) is 7.59. The first-order valence-electron chi connectivity index (χ1n) is 7.89. The molecule has 2 saturated heterocycles. The molecule has 21 heavy (non-hydrogen) atoms. The first kappa shape index (κ1) is 16.0. The number of likely N-dealkylation sites (tertiary alicyclic amines) is 1. The van der Waals surface area contributed by atoms with Crippen LogP contribution in [0.3, 0.4) is 0 Å². The van der Waals surface area contributed by atoms with Crippen molar-refractivity contribution >= 4 is 11.8 Å². The maximum Gasteiger partial charge on any atom is 0.247 e. The first-order valence-corrected chi connectivity index (χ1v) is 7.89. The van der Waals surface area contributed by atoms with E-state index in [0.29, 0.717) is 6.54 Å². The zero-order valence-corrected chi connectivity index (χ0v) is 13.1. The van der Waals surface area contributed by atoms with Crippen molar-refractivity contribution < 1.29 is 14.3 Å². The van der Waals surface area contributed by atoms with E-state index >= 15 is 0 Å². The molecule has 5 nitrogen and oxygen atoms in total. The van der Waals surface area contributed by atoms with Crippen LogP contribution in [0.25, 0.3) is 0 Å². The van der Waals surface area contributed by atoms with Gasteiger partial charge in [-0.15, -0.1) is 0 Å². The molecule has 0 N–H and O–H groups in total. The number of ether oxygens (including phenoxy) is 1. The highest BCUT2D eigenvalue weighted by atomic mass is 16.5. The third kappa shape index (κ3) is 4.84. The Morgan fingerprint density at radius 1 is 1.24 bits per heavy atom. The van der Waals surface area contributed by atoms with Crippen LogP contribution in [0.4, 0.5) is 0 Å². The van der Waals surface area contributed by atoms with E-state index in [-0.39, 0.29) is 24.5 Å². The fraction of sp³-hybridized carbons (Fsp3) is 0.750. The molecule has 0 aliphatic carbocycles. The van der Waals surface area contributed by atoms with Gasteiger partial charge in [0.05, 0.1) is 6.10 Å². The lowest BCUT2D eigenvalue weighted by molar-refractivity contribution is -0.138. The van der Waals surface area contributed by atoms with Crippen molar-refractivity contribution in [1.29, 1.82) is 0 Å². The summed E-state index contributed by atoms with van der Waals surface area (Å²) in [5, 5.41) is 0. The highest BCUT2D eigenvalue weighted by Gasteiger charge is 2.26. The molecule has 0 aromatic carbocycles. The molecular weight excluding hydrogens is 268 g/mol. The summed E-state index contributed by atoms with van der Waals surface area (Å²) >= 11 is 0. The molecule has 2 rings (SSSR count). The monoisotopic (exact) mass is 294 g/mol. The van der Waals surface area contributed by atoms with Gasteiger partial charge in [-0.3, -0.25) is 9.59 Å². The maximum atomic E-state index is 12.3. The Bertz CT molecular complexity index is 404. The molecule has 0 radical (unpaired) electrons. The molecule has 0 spiro atoms. The van der Waals surface area contributed by atoms with Gasteiger partial charge >= 0.3 is 0 Å². The maximum absolute atomic E-state index is 12.3. The topological polar surface area (TPSA) is 49.9 Å². The number of allylic oxidation sites excluding steroid dienone is 1. The van der Waals surface area contributed by atoms with Gasteiger partial charge in [-0.2, -0.15) is 0 Å². The van der Waals surface area contributed by atoms with Gasteiger partial charge in [-0.25, -0.2) is 0 Å². The molecule has 2 fully saturated rings. The molecule has 2 aliphatic heterocycles. The summed E-state index contributed by atoms with van der Waals surface area (Å²) < 4.78 is 5.61. The Hall–Kier alpha value is -1.36. The van der Waals surface area contributed by atoms with Crippen LogP contribution in [0.2, 0.25) is 0 Å². The Morgan fingerprint density at radius 2 is 1.95 bits per heavy atom. The van der Waals surface area contributed by atoms with E-state index in [1.807, 2.05) is 18.7 Å². The molecule has 2 amide bonds. The van der Waals surface area contributed by atoms with Crippen LogP contribution in [0.5, 0.6) is 0 Å². The largest absolute Gasteiger partial charge is 0.376 e. The van der Waals surface area contributed by atoms with Crippen LogP contribution >= 0.6 is 0 Å². The normalized spacial score (nSPS) is 21.4. The molecule has 5 heteroatoms. The van der Waals surface area contributed by atoms with Crippen molar-refractivity contribution in [3.05, 3.63) is 11.6 Å². The zero-order chi connectivity index (χ0) is 15.2. The molecule has 2 heterocycles. The number of rotatable bonds is 5. The lowest BCUT2D eigenvalue weighted by Crippen LogP contribution is -2.44. The minimum atomic E-state index is -0.0851. The van der Waals surface area contributed by atoms with Crippen LogP contribution in [-0.2, 0) is 14.3 Å². The van der Waals surface area contributed by atoms with Crippen LogP contribution in [-0.4, -0.2) is 60.5 Å². The summed E-state index contributed by atoms with van der Waals surface area (Å²) in [6.07, 6.45) is 5.82. The lowest BCUT2D eigenvalue weighted by Gasteiger charge is -2.26. The van der Waals surface area contributed by atoms with E-state index in [0.717, 1.165) is 51.0 Å². The third-order valence-electron chi connectivity index (χ3n) is 3.96. The first-order chi connectivity index (χ1) is 10.1. The smallest absolute Gasteiger partial charge is 0.247 e. The Morgan fingerprint density at radius 3 is 2.52 bits per heavy atom. The molecule has 0 bridgehead atoms. The van der Waals surface area contributed by atoms with Crippen molar-refractivity contribution in [2.75, 3.05) is 32.8 Å². The van der Waals surface area contributed by atoms with Crippen molar-refractivity contribution in [3.63, 3.8) is 0 Å². The van der Waals surface area contributed by atoms with Gasteiger partial charge in [0.2, 0.25) is 11.8 Å². The lowest BCUT2D eigenvalue weighted by atomic mass is 10.2. The number of amides is 2. The minimum absolute atomic E-state index is 0.0565. The van der Waals surface area contributed by atoms with Crippen LogP contribution < -0.4 is 0 Å². The number of hydrogen-bond acceptors (Lipinski definition) is 3. The minimum Gasteiger partial charge on any atom is -0.376 e. The molecular formula is C16H26N2O3. The van der Waals surface area contributed by atoms with Crippen LogP contribution in [0.1, 0.15) is 39.5 Å². The van der Waals surface area contributed by atoms with Crippen molar-refractivity contribution in [3.8, 4) is 0 Å². The summed E-state index contributed by atoms with van der Waals surface area (Å²) in [5.41, 5.74) is 0.950. The molecule has 0 aromatic rings. The van der Waals surface area contributed by atoms with Gasteiger partial charge in [0.15, 0.2) is 0 Å². The summed E-state index contributed by atoms with van der Waals surface area (Å²) in [7, 11) is 0. The van der Waals surface area contributed by atoms with Crippen LogP contribution in [0.15, 0.2) is 11.6 Å². The second-order valence-electron chi connectivity index (χ2n) is 6.16. The van der Waals surface area contributed by atoms with E-state index in [4.69, 9.17) is 4.74 Å². The fourth-order valence-electron chi connectivity index (χ4n) is 2.83. The van der Waals surface area contributed by atoms with Gasteiger partial charge in [-0.05, 0) is 39.5 Å². The Balaban J connectivity index is 1.97. The van der Waals surface area contributed by atoms with E-state index in [1.165, 1.54) is 0 Å². The average Bonchev–Trinajstić information content (AvgIpc) is 3.10. The van der Waals surface area contributed by atoms with Gasteiger partial charge in [0.1, 0.15) is 6.54 Å². The van der Waals surface area contributed by atoms with E-state index in [1.54, 1.807) is 11.0 Å². The van der Waals surface area contributed by atoms with Gasteiger partial charge < -0.3 is 14.5 Å². The van der Waals surface area contributed by atoms with E-state index in [2.05, 4.69) is 0 Å². The quantitative estimate of drug-likeness (QED) is 0.723. The SMILES string of the molecule is CC(C)=CC(=O)N(CC(=O)N1CCCC1)C[C@@H]1CCCO1. The predicted octanol–water partition coefficient (Wildman–Crippen LogP) is 1.58. The standard InChI is InChI=1S/C16H26N2O3/c1-13(2)10-15(19)18(11-14-6-5-9-21-14)12-16(20)17-7-3-4-8-17/h10,14H,3-9,11-12H2,1-2H3/t14-/m0/s1. The third-order valence-corrected chi connectivity index (χ3v) is 3.96. The fourth-order valence-corrected chi connectivity index (χ4v) is 2.83.